The van der Waals surface area contributed by atoms with Gasteiger partial charge < -0.3 is 30.1 Å². The summed E-state index contributed by atoms with van der Waals surface area (Å²) >= 11 is 0. The van der Waals surface area contributed by atoms with Crippen molar-refractivity contribution in [1.82, 2.24) is 10.2 Å². The molecule has 0 aliphatic carbocycles. The number of ether oxygens (including phenoxy) is 2. The van der Waals surface area contributed by atoms with E-state index >= 15 is 0 Å². The summed E-state index contributed by atoms with van der Waals surface area (Å²) in [5, 5.41) is 30.9. The highest BCUT2D eigenvalue weighted by molar-refractivity contribution is 5.80. The minimum absolute atomic E-state index is 0.0145. The smallest absolute Gasteiger partial charge is 0.303 e. The van der Waals surface area contributed by atoms with E-state index in [9.17, 15) is 19.8 Å². The number of carboxylic acids is 1. The summed E-state index contributed by atoms with van der Waals surface area (Å²) in [6, 6.07) is 15.4. The Labute approximate surface area is 217 Å². The molecule has 0 spiro atoms. The van der Waals surface area contributed by atoms with Crippen LogP contribution >= 0.6 is 0 Å². The molecule has 0 radical (unpaired) electrons. The van der Waals surface area contributed by atoms with Crippen LogP contribution in [0.3, 0.4) is 0 Å². The van der Waals surface area contributed by atoms with Gasteiger partial charge in [0.25, 0.3) is 0 Å². The molecule has 200 valence electrons. The van der Waals surface area contributed by atoms with E-state index in [1.807, 2.05) is 48.5 Å². The molecule has 0 aromatic heterocycles. The monoisotopic (exact) mass is 512 g/mol. The third-order valence-corrected chi connectivity index (χ3v) is 7.12. The largest absolute Gasteiger partial charge is 0.481 e. The summed E-state index contributed by atoms with van der Waals surface area (Å²) in [5.41, 5.74) is 3.60. The predicted molar refractivity (Wildman–Crippen MR) is 135 cm³/mol. The minimum atomic E-state index is -0.997. The van der Waals surface area contributed by atoms with E-state index in [1.54, 1.807) is 0 Å². The van der Waals surface area contributed by atoms with Crippen LogP contribution in [0.15, 0.2) is 48.5 Å². The normalized spacial score (nSPS) is 26.2. The fourth-order valence-corrected chi connectivity index (χ4v) is 4.86. The first kappa shape index (κ1) is 27.2. The number of carbonyl (C=O) groups is 2. The minimum Gasteiger partial charge on any atom is -0.481 e. The number of benzene rings is 2. The summed E-state index contributed by atoms with van der Waals surface area (Å²) in [7, 11) is 0. The Morgan fingerprint density at radius 3 is 2.30 bits per heavy atom. The molecular formula is C28H36N2O7. The number of carbonyl (C=O) groups excluding carboxylic acids is 1. The van der Waals surface area contributed by atoms with Gasteiger partial charge in [0.2, 0.25) is 5.91 Å². The first-order chi connectivity index (χ1) is 17.8. The number of aliphatic hydroxyl groups is 2. The summed E-state index contributed by atoms with van der Waals surface area (Å²) in [6.07, 6.45) is -0.689. The number of hydrogen-bond donors (Lipinski definition) is 4. The first-order valence-corrected chi connectivity index (χ1v) is 12.8. The number of hydrogen-bond acceptors (Lipinski definition) is 7. The standard InChI is InChI=1S/C28H36N2O7/c1-18-24(16-30-13-12-23(32)15-30)36-28(37-27(18)21-6-4-20(17-31)5-7-21)22-8-2-19(3-9-22)14-29-25(33)10-11-26(34)35/h2-9,18,23-24,27-28,31-32H,10-17H2,1H3,(H,29,33)(H,34,35)/t18-,23+,24+,27+,28+/m1/s1. The van der Waals surface area contributed by atoms with Crippen molar-refractivity contribution in [2.24, 2.45) is 5.92 Å². The quantitative estimate of drug-likeness (QED) is 0.382. The molecule has 0 bridgehead atoms. The number of rotatable bonds is 10. The molecule has 2 heterocycles. The van der Waals surface area contributed by atoms with E-state index < -0.39 is 12.3 Å². The van der Waals surface area contributed by atoms with Crippen molar-refractivity contribution in [2.75, 3.05) is 19.6 Å². The highest BCUT2D eigenvalue weighted by Gasteiger charge is 2.39. The van der Waals surface area contributed by atoms with Crippen LogP contribution in [0.4, 0.5) is 0 Å². The van der Waals surface area contributed by atoms with Crippen LogP contribution in [-0.2, 0) is 32.2 Å². The summed E-state index contributed by atoms with van der Waals surface area (Å²) in [6.45, 7) is 4.59. The van der Waals surface area contributed by atoms with Crippen LogP contribution in [0.5, 0.6) is 0 Å². The van der Waals surface area contributed by atoms with Gasteiger partial charge in [0.05, 0.1) is 31.3 Å². The van der Waals surface area contributed by atoms with Crippen LogP contribution in [0.1, 0.15) is 60.8 Å². The SMILES string of the molecule is C[C@@H]1[C@H](CN2CC[C@H](O)C2)O[C@H](c2ccc(CNC(=O)CCC(=O)O)cc2)O[C@@H]1c1ccc(CO)cc1. The number of nitrogens with one attached hydrogen (secondary N) is 1. The van der Waals surface area contributed by atoms with Gasteiger partial charge in [-0.2, -0.15) is 0 Å². The van der Waals surface area contributed by atoms with Gasteiger partial charge >= 0.3 is 5.97 Å². The molecule has 5 atom stereocenters. The molecule has 4 rings (SSSR count). The van der Waals surface area contributed by atoms with Crippen LogP contribution in [0.25, 0.3) is 0 Å². The maximum atomic E-state index is 11.8. The summed E-state index contributed by atoms with van der Waals surface area (Å²) in [4.78, 5) is 24.7. The molecule has 9 nitrogen and oxygen atoms in total. The first-order valence-electron chi connectivity index (χ1n) is 12.8. The number of aliphatic hydroxyl groups excluding tert-OH is 2. The molecule has 37 heavy (non-hydrogen) atoms. The second-order valence-electron chi connectivity index (χ2n) is 9.94. The Bertz CT molecular complexity index is 1040. The number of nitrogens with zero attached hydrogens (tertiary/aromatic N) is 1. The highest BCUT2D eigenvalue weighted by atomic mass is 16.7. The maximum absolute atomic E-state index is 11.8. The van der Waals surface area contributed by atoms with Crippen molar-refractivity contribution in [1.29, 1.82) is 0 Å². The Morgan fingerprint density at radius 1 is 1.00 bits per heavy atom. The molecule has 2 fully saturated rings. The Morgan fingerprint density at radius 2 is 1.68 bits per heavy atom. The highest BCUT2D eigenvalue weighted by Crippen LogP contribution is 2.42. The van der Waals surface area contributed by atoms with E-state index in [0.717, 1.165) is 35.2 Å². The van der Waals surface area contributed by atoms with E-state index in [4.69, 9.17) is 14.6 Å². The second-order valence-corrected chi connectivity index (χ2v) is 9.94. The summed E-state index contributed by atoms with van der Waals surface area (Å²) < 4.78 is 12.9. The van der Waals surface area contributed by atoms with Crippen molar-refractivity contribution in [3.8, 4) is 0 Å². The van der Waals surface area contributed by atoms with Crippen LogP contribution in [-0.4, -0.2) is 63.9 Å². The van der Waals surface area contributed by atoms with Gasteiger partial charge in [-0.05, 0) is 23.1 Å². The van der Waals surface area contributed by atoms with E-state index in [0.29, 0.717) is 19.6 Å². The number of carboxylic acid groups (broad SMARTS) is 1. The molecule has 2 saturated heterocycles. The van der Waals surface area contributed by atoms with E-state index in [-0.39, 0.29) is 49.6 Å². The lowest BCUT2D eigenvalue weighted by atomic mass is 9.90. The van der Waals surface area contributed by atoms with Gasteiger partial charge in [-0.15, -0.1) is 0 Å². The zero-order chi connectivity index (χ0) is 26.4. The van der Waals surface area contributed by atoms with Gasteiger partial charge in [-0.3, -0.25) is 14.5 Å². The molecule has 0 saturated carbocycles. The Balaban J connectivity index is 1.46. The molecule has 0 unspecified atom stereocenters. The van der Waals surface area contributed by atoms with Gasteiger partial charge in [0, 0.05) is 44.1 Å². The van der Waals surface area contributed by atoms with Crippen molar-refractivity contribution in [3.05, 3.63) is 70.8 Å². The van der Waals surface area contributed by atoms with Crippen molar-refractivity contribution < 1.29 is 34.4 Å². The van der Waals surface area contributed by atoms with Gasteiger partial charge in [-0.1, -0.05) is 55.5 Å². The molecule has 1 amide bonds. The van der Waals surface area contributed by atoms with E-state index in [2.05, 4.69) is 17.1 Å². The fourth-order valence-electron chi connectivity index (χ4n) is 4.86. The molecule has 2 aliphatic heterocycles. The molecule has 2 aromatic rings. The molecular weight excluding hydrogens is 476 g/mol. The molecule has 2 aliphatic rings. The topological polar surface area (TPSA) is 129 Å². The lowest BCUT2D eigenvalue weighted by Crippen LogP contribution is -2.44. The average molecular weight is 513 g/mol. The number of aliphatic carboxylic acids is 1. The molecule has 9 heteroatoms. The lowest BCUT2D eigenvalue weighted by Gasteiger charge is -2.42. The zero-order valence-corrected chi connectivity index (χ0v) is 21.1. The van der Waals surface area contributed by atoms with Crippen LogP contribution in [0.2, 0.25) is 0 Å². The van der Waals surface area contributed by atoms with E-state index in [1.165, 1.54) is 0 Å². The van der Waals surface area contributed by atoms with Crippen LogP contribution in [0, 0.1) is 5.92 Å². The Hall–Kier alpha value is -2.82. The van der Waals surface area contributed by atoms with Gasteiger partial charge in [0.1, 0.15) is 0 Å². The van der Waals surface area contributed by atoms with Crippen molar-refractivity contribution >= 4 is 11.9 Å². The fraction of sp³-hybridized carbons (Fsp3) is 0.500. The third-order valence-electron chi connectivity index (χ3n) is 7.12. The Kier molecular flexibility index (Phi) is 9.28. The second kappa shape index (κ2) is 12.6. The third kappa shape index (κ3) is 7.37. The van der Waals surface area contributed by atoms with Crippen molar-refractivity contribution in [3.63, 3.8) is 0 Å². The summed E-state index contributed by atoms with van der Waals surface area (Å²) in [5.74, 6) is -1.23. The lowest BCUT2D eigenvalue weighted by molar-refractivity contribution is -0.276. The van der Waals surface area contributed by atoms with Crippen LogP contribution < -0.4 is 5.32 Å². The maximum Gasteiger partial charge on any atom is 0.303 e. The number of β-amino-alcohol motifs (C(OH)–C–C–N with tert-alkyl or cyclic N) is 1. The number of likely N-dealkylation sites (tertiary alicyclic amines) is 1. The van der Waals surface area contributed by atoms with Crippen molar-refractivity contribution in [2.45, 2.75) is 63.9 Å². The molecule has 2 aromatic carbocycles. The number of amides is 1. The zero-order valence-electron chi connectivity index (χ0n) is 21.1. The average Bonchev–Trinajstić information content (AvgIpc) is 3.32. The van der Waals surface area contributed by atoms with Gasteiger partial charge in [-0.25, -0.2) is 0 Å². The molecule has 4 N–H and O–H groups in total. The predicted octanol–water partition coefficient (Wildman–Crippen LogP) is 2.52. The van der Waals surface area contributed by atoms with Gasteiger partial charge in [0.15, 0.2) is 6.29 Å².